The van der Waals surface area contributed by atoms with E-state index in [0.29, 0.717) is 10.6 Å². The topological polar surface area (TPSA) is 47.8 Å². The average molecular weight is 193 g/mol. The van der Waals surface area contributed by atoms with E-state index < -0.39 is 0 Å². The van der Waals surface area contributed by atoms with Gasteiger partial charge in [-0.05, 0) is 17.6 Å². The predicted molar refractivity (Wildman–Crippen MR) is 48.8 cm³/mol. The molecule has 0 aliphatic rings. The Bertz CT molecular complexity index is 418. The van der Waals surface area contributed by atoms with Crippen LogP contribution in [0, 0.1) is 0 Å². The van der Waals surface area contributed by atoms with E-state index in [9.17, 15) is 4.79 Å². The largest absolute Gasteiger partial charge is 0.340 e. The molecule has 0 saturated carbocycles. The van der Waals surface area contributed by atoms with Crippen molar-refractivity contribution in [3.63, 3.8) is 0 Å². The Morgan fingerprint density at radius 1 is 1.62 bits per heavy atom. The number of hydrogen-bond donors (Lipinski definition) is 0. The maximum absolute atomic E-state index is 11.6. The van der Waals surface area contributed by atoms with Gasteiger partial charge < -0.3 is 4.57 Å². The second-order valence-electron chi connectivity index (χ2n) is 2.63. The van der Waals surface area contributed by atoms with E-state index in [1.165, 1.54) is 11.5 Å². The highest BCUT2D eigenvalue weighted by atomic mass is 32.1. The van der Waals surface area contributed by atoms with Gasteiger partial charge in [-0.25, -0.2) is 9.36 Å². The lowest BCUT2D eigenvalue weighted by atomic mass is 10.2. The number of carbonyl (C=O) groups is 1. The van der Waals surface area contributed by atoms with Gasteiger partial charge in [0.2, 0.25) is 5.78 Å². The van der Waals surface area contributed by atoms with Crippen molar-refractivity contribution in [2.24, 2.45) is 7.05 Å². The lowest BCUT2D eigenvalue weighted by Crippen LogP contribution is -1.98. The highest BCUT2D eigenvalue weighted by Crippen LogP contribution is 2.10. The SMILES string of the molecule is Cn1cnc(C(=O)c2ccns2)c1. The van der Waals surface area contributed by atoms with Gasteiger partial charge in [-0.15, -0.1) is 0 Å². The van der Waals surface area contributed by atoms with Crippen LogP contribution in [0.4, 0.5) is 0 Å². The molecule has 0 aromatic carbocycles. The number of ketones is 1. The highest BCUT2D eigenvalue weighted by Gasteiger charge is 2.12. The van der Waals surface area contributed by atoms with Gasteiger partial charge in [0, 0.05) is 19.4 Å². The summed E-state index contributed by atoms with van der Waals surface area (Å²) in [5.41, 5.74) is 0.465. The summed E-state index contributed by atoms with van der Waals surface area (Å²) in [6.45, 7) is 0. The fraction of sp³-hybridized carbons (Fsp3) is 0.125. The lowest BCUT2D eigenvalue weighted by Gasteiger charge is -1.88. The minimum Gasteiger partial charge on any atom is -0.340 e. The van der Waals surface area contributed by atoms with Gasteiger partial charge in [-0.2, -0.15) is 0 Å². The first-order valence-corrected chi connectivity index (χ1v) is 4.48. The third-order valence-electron chi connectivity index (χ3n) is 1.60. The standard InChI is InChI=1S/C8H7N3OS/c1-11-4-6(9-5-11)8(12)7-2-3-10-13-7/h2-5H,1H3. The van der Waals surface area contributed by atoms with E-state index >= 15 is 0 Å². The second kappa shape index (κ2) is 3.10. The van der Waals surface area contributed by atoms with Gasteiger partial charge in [0.15, 0.2) is 0 Å². The molecule has 0 aliphatic heterocycles. The molecular weight excluding hydrogens is 186 g/mol. The predicted octanol–water partition coefficient (Wildman–Crippen LogP) is 1.11. The van der Waals surface area contributed by atoms with Crippen molar-refractivity contribution >= 4 is 17.3 Å². The molecule has 5 heteroatoms. The van der Waals surface area contributed by atoms with Crippen molar-refractivity contribution in [3.8, 4) is 0 Å². The molecule has 0 atom stereocenters. The van der Waals surface area contributed by atoms with Gasteiger partial charge in [0.1, 0.15) is 5.69 Å². The molecule has 0 amide bonds. The zero-order chi connectivity index (χ0) is 9.26. The lowest BCUT2D eigenvalue weighted by molar-refractivity contribution is 0.103. The van der Waals surface area contributed by atoms with Gasteiger partial charge in [0.25, 0.3) is 0 Å². The van der Waals surface area contributed by atoms with E-state index in [4.69, 9.17) is 0 Å². The van der Waals surface area contributed by atoms with Crippen LogP contribution in [0.25, 0.3) is 0 Å². The average Bonchev–Trinajstić information content (AvgIpc) is 2.72. The summed E-state index contributed by atoms with van der Waals surface area (Å²) in [6.07, 6.45) is 4.91. The van der Waals surface area contributed by atoms with Crippen LogP contribution >= 0.6 is 11.5 Å². The third kappa shape index (κ3) is 1.50. The Morgan fingerprint density at radius 2 is 2.46 bits per heavy atom. The smallest absolute Gasteiger partial charge is 0.224 e. The first-order chi connectivity index (χ1) is 6.27. The Kier molecular flexibility index (Phi) is 1.94. The Labute approximate surface area is 79.0 Å². The normalized spacial score (nSPS) is 10.2. The summed E-state index contributed by atoms with van der Waals surface area (Å²) < 4.78 is 5.61. The molecular formula is C8H7N3OS. The van der Waals surface area contributed by atoms with Crippen molar-refractivity contribution in [1.82, 2.24) is 13.9 Å². The van der Waals surface area contributed by atoms with E-state index in [1.807, 2.05) is 7.05 Å². The summed E-state index contributed by atoms with van der Waals surface area (Å²) in [5, 5.41) is 0. The molecule has 2 aromatic heterocycles. The maximum atomic E-state index is 11.6. The summed E-state index contributed by atoms with van der Waals surface area (Å²) in [4.78, 5) is 16.2. The van der Waals surface area contributed by atoms with Crippen molar-refractivity contribution in [2.45, 2.75) is 0 Å². The number of rotatable bonds is 2. The zero-order valence-corrected chi connectivity index (χ0v) is 7.78. The number of aryl methyl sites for hydroxylation is 1. The molecule has 0 radical (unpaired) electrons. The number of imidazole rings is 1. The highest BCUT2D eigenvalue weighted by molar-refractivity contribution is 7.08. The van der Waals surface area contributed by atoms with E-state index in [1.54, 1.807) is 29.4 Å². The molecule has 4 nitrogen and oxygen atoms in total. The molecule has 66 valence electrons. The van der Waals surface area contributed by atoms with Crippen LogP contribution < -0.4 is 0 Å². The number of nitrogens with zero attached hydrogens (tertiary/aromatic N) is 3. The van der Waals surface area contributed by atoms with Crippen molar-refractivity contribution in [2.75, 3.05) is 0 Å². The molecule has 2 aromatic rings. The maximum Gasteiger partial charge on any atom is 0.224 e. The van der Waals surface area contributed by atoms with E-state index in [-0.39, 0.29) is 5.78 Å². The Hall–Kier alpha value is -1.49. The van der Waals surface area contributed by atoms with Gasteiger partial charge in [0.05, 0.1) is 11.2 Å². The number of aromatic nitrogens is 3. The van der Waals surface area contributed by atoms with E-state index in [0.717, 1.165) is 0 Å². The quantitative estimate of drug-likeness (QED) is 0.671. The van der Waals surface area contributed by atoms with Crippen molar-refractivity contribution in [1.29, 1.82) is 0 Å². The minimum atomic E-state index is -0.0666. The van der Waals surface area contributed by atoms with Crippen LogP contribution in [0.5, 0.6) is 0 Å². The van der Waals surface area contributed by atoms with Crippen LogP contribution in [0.1, 0.15) is 15.4 Å². The molecule has 0 aliphatic carbocycles. The molecule has 0 spiro atoms. The van der Waals surface area contributed by atoms with Crippen LogP contribution in [-0.4, -0.2) is 19.7 Å². The number of carbonyl (C=O) groups excluding carboxylic acids is 1. The van der Waals surface area contributed by atoms with Crippen LogP contribution in [0.3, 0.4) is 0 Å². The van der Waals surface area contributed by atoms with Crippen LogP contribution in [0.2, 0.25) is 0 Å². The first kappa shape index (κ1) is 8.12. The number of hydrogen-bond acceptors (Lipinski definition) is 4. The molecule has 2 rings (SSSR count). The molecule has 0 unspecified atom stereocenters. The zero-order valence-electron chi connectivity index (χ0n) is 6.97. The third-order valence-corrected chi connectivity index (χ3v) is 2.34. The van der Waals surface area contributed by atoms with Gasteiger partial charge >= 0.3 is 0 Å². The van der Waals surface area contributed by atoms with Crippen molar-refractivity contribution in [3.05, 3.63) is 35.4 Å². The molecule has 13 heavy (non-hydrogen) atoms. The Morgan fingerprint density at radius 3 is 3.00 bits per heavy atom. The van der Waals surface area contributed by atoms with Crippen LogP contribution in [-0.2, 0) is 7.05 Å². The fourth-order valence-corrected chi connectivity index (χ4v) is 1.53. The monoisotopic (exact) mass is 193 g/mol. The molecule has 0 fully saturated rings. The molecule has 0 saturated heterocycles. The fourth-order valence-electron chi connectivity index (χ4n) is 0.989. The van der Waals surface area contributed by atoms with Gasteiger partial charge in [-0.1, -0.05) is 0 Å². The summed E-state index contributed by atoms with van der Waals surface area (Å²) >= 11 is 1.19. The second-order valence-corrected chi connectivity index (χ2v) is 3.46. The summed E-state index contributed by atoms with van der Waals surface area (Å²) in [5.74, 6) is -0.0666. The van der Waals surface area contributed by atoms with E-state index in [2.05, 4.69) is 9.36 Å². The summed E-state index contributed by atoms with van der Waals surface area (Å²) in [7, 11) is 1.83. The minimum absolute atomic E-state index is 0.0666. The summed E-state index contributed by atoms with van der Waals surface area (Å²) in [6, 6.07) is 1.70. The van der Waals surface area contributed by atoms with Crippen molar-refractivity contribution < 1.29 is 4.79 Å². The Balaban J connectivity index is 2.33. The molecule has 0 N–H and O–H groups in total. The van der Waals surface area contributed by atoms with Gasteiger partial charge in [-0.3, -0.25) is 4.79 Å². The molecule has 2 heterocycles. The molecule has 0 bridgehead atoms. The first-order valence-electron chi connectivity index (χ1n) is 3.71. The van der Waals surface area contributed by atoms with Crippen LogP contribution in [0.15, 0.2) is 24.8 Å².